The van der Waals surface area contributed by atoms with Crippen LogP contribution in [-0.4, -0.2) is 22.2 Å². The van der Waals surface area contributed by atoms with Gasteiger partial charge in [-0.25, -0.2) is 5.01 Å². The number of rotatable bonds is 1. The van der Waals surface area contributed by atoms with E-state index < -0.39 is 0 Å². The maximum Gasteiger partial charge on any atom is 0.248 e. The Balaban J connectivity index is 2.85. The van der Waals surface area contributed by atoms with Crippen LogP contribution in [0.1, 0.15) is 41.0 Å². The Morgan fingerprint density at radius 1 is 1.38 bits per heavy atom. The van der Waals surface area contributed by atoms with Gasteiger partial charge in [-0.3, -0.25) is 4.79 Å². The summed E-state index contributed by atoms with van der Waals surface area (Å²) in [6, 6.07) is 0. The van der Waals surface area contributed by atoms with Crippen molar-refractivity contribution in [2.24, 2.45) is 11.0 Å². The van der Waals surface area contributed by atoms with Gasteiger partial charge in [-0.1, -0.05) is 13.8 Å². The van der Waals surface area contributed by atoms with E-state index in [0.29, 0.717) is 12.3 Å². The van der Waals surface area contributed by atoms with Crippen molar-refractivity contribution in [2.45, 2.75) is 46.6 Å². The first kappa shape index (κ1) is 10.2. The lowest BCUT2D eigenvalue weighted by molar-refractivity contribution is -0.133. The first-order chi connectivity index (χ1) is 5.82. The third kappa shape index (κ3) is 2.08. The summed E-state index contributed by atoms with van der Waals surface area (Å²) in [5.74, 6) is 0.493. The first-order valence-electron chi connectivity index (χ1n) is 4.73. The molecule has 74 valence electrons. The zero-order chi connectivity index (χ0) is 10.2. The summed E-state index contributed by atoms with van der Waals surface area (Å²) < 4.78 is 0. The van der Waals surface area contributed by atoms with Crippen LogP contribution in [-0.2, 0) is 4.79 Å². The smallest absolute Gasteiger partial charge is 0.248 e. The minimum Gasteiger partial charge on any atom is -0.273 e. The maximum absolute atomic E-state index is 11.5. The molecule has 0 aliphatic carbocycles. The summed E-state index contributed by atoms with van der Waals surface area (Å²) in [4.78, 5) is 11.5. The van der Waals surface area contributed by atoms with Gasteiger partial charge in [0.05, 0.1) is 17.7 Å². The molecule has 1 aliphatic heterocycles. The quantitative estimate of drug-likeness (QED) is 0.610. The van der Waals surface area contributed by atoms with E-state index in [1.807, 2.05) is 20.8 Å². The standard InChI is InChI=1S/C10H18N2O/c1-7(2)8-6-9(13)12(11-8)10(3,4)5/h7H,6H2,1-5H3. The third-order valence-electron chi connectivity index (χ3n) is 2.10. The second-order valence-corrected chi connectivity index (χ2v) is 4.80. The molecule has 13 heavy (non-hydrogen) atoms. The Kier molecular flexibility index (Phi) is 2.46. The predicted molar refractivity (Wildman–Crippen MR) is 53.5 cm³/mol. The molecule has 0 radical (unpaired) electrons. The van der Waals surface area contributed by atoms with E-state index in [0.717, 1.165) is 5.71 Å². The number of hydrazone groups is 1. The fourth-order valence-corrected chi connectivity index (χ4v) is 1.29. The highest BCUT2D eigenvalue weighted by Gasteiger charge is 2.33. The van der Waals surface area contributed by atoms with Crippen LogP contribution in [0.4, 0.5) is 0 Å². The molecular formula is C10H18N2O. The first-order valence-corrected chi connectivity index (χ1v) is 4.73. The number of amides is 1. The Labute approximate surface area is 79.8 Å². The minimum absolute atomic E-state index is 0.121. The van der Waals surface area contributed by atoms with Crippen LogP contribution in [0.5, 0.6) is 0 Å². The SMILES string of the molecule is CC(C)C1=NN(C(C)(C)C)C(=O)C1. The number of carbonyl (C=O) groups excluding carboxylic acids is 1. The maximum atomic E-state index is 11.5. The predicted octanol–water partition coefficient (Wildman–Crippen LogP) is 2.03. The summed E-state index contributed by atoms with van der Waals surface area (Å²) in [6.45, 7) is 10.1. The van der Waals surface area contributed by atoms with Crippen molar-refractivity contribution >= 4 is 11.6 Å². The van der Waals surface area contributed by atoms with Gasteiger partial charge >= 0.3 is 0 Å². The molecule has 0 aromatic heterocycles. The van der Waals surface area contributed by atoms with Gasteiger partial charge in [0.15, 0.2) is 0 Å². The van der Waals surface area contributed by atoms with E-state index in [9.17, 15) is 4.79 Å². The van der Waals surface area contributed by atoms with E-state index in [1.165, 1.54) is 0 Å². The second kappa shape index (κ2) is 3.13. The molecule has 0 bridgehead atoms. The van der Waals surface area contributed by atoms with Crippen molar-refractivity contribution in [3.05, 3.63) is 0 Å². The van der Waals surface area contributed by atoms with Gasteiger partial charge in [0, 0.05) is 0 Å². The molecule has 1 rings (SSSR count). The van der Waals surface area contributed by atoms with Gasteiger partial charge in [0.1, 0.15) is 0 Å². The summed E-state index contributed by atoms with van der Waals surface area (Å²) in [5.41, 5.74) is 0.813. The molecule has 1 amide bonds. The van der Waals surface area contributed by atoms with E-state index >= 15 is 0 Å². The average Bonchev–Trinajstić information content (AvgIpc) is 2.29. The second-order valence-electron chi connectivity index (χ2n) is 4.80. The normalized spacial score (nSPS) is 18.5. The molecule has 0 saturated heterocycles. The van der Waals surface area contributed by atoms with Crippen molar-refractivity contribution in [2.75, 3.05) is 0 Å². The van der Waals surface area contributed by atoms with Crippen molar-refractivity contribution in [1.29, 1.82) is 0 Å². The molecule has 0 fully saturated rings. The molecule has 0 N–H and O–H groups in total. The molecule has 1 aliphatic rings. The summed E-state index contributed by atoms with van der Waals surface area (Å²) in [5, 5.41) is 5.94. The lowest BCUT2D eigenvalue weighted by atomic mass is 10.1. The fourth-order valence-electron chi connectivity index (χ4n) is 1.29. The molecule has 0 spiro atoms. The molecule has 0 aromatic carbocycles. The van der Waals surface area contributed by atoms with Crippen LogP contribution in [0.25, 0.3) is 0 Å². The lowest BCUT2D eigenvalue weighted by Crippen LogP contribution is -2.38. The van der Waals surface area contributed by atoms with E-state index in [1.54, 1.807) is 5.01 Å². The van der Waals surface area contributed by atoms with Crippen molar-refractivity contribution in [3.63, 3.8) is 0 Å². The monoisotopic (exact) mass is 182 g/mol. The molecule has 1 heterocycles. The summed E-state index contributed by atoms with van der Waals surface area (Å²) >= 11 is 0. The van der Waals surface area contributed by atoms with Crippen LogP contribution in [0, 0.1) is 5.92 Å². The Bertz CT molecular complexity index is 248. The van der Waals surface area contributed by atoms with Gasteiger partial charge in [0.25, 0.3) is 0 Å². The topological polar surface area (TPSA) is 32.7 Å². The Morgan fingerprint density at radius 2 is 1.92 bits per heavy atom. The number of nitrogens with zero attached hydrogens (tertiary/aromatic N) is 2. The number of carbonyl (C=O) groups is 1. The van der Waals surface area contributed by atoms with Gasteiger partial charge in [-0.05, 0) is 26.7 Å². The third-order valence-corrected chi connectivity index (χ3v) is 2.10. The summed E-state index contributed by atoms with van der Waals surface area (Å²) in [7, 11) is 0. The lowest BCUT2D eigenvalue weighted by Gasteiger charge is -2.27. The van der Waals surface area contributed by atoms with Crippen LogP contribution in [0.3, 0.4) is 0 Å². The van der Waals surface area contributed by atoms with E-state index in [-0.39, 0.29) is 11.4 Å². The number of hydrogen-bond acceptors (Lipinski definition) is 2. The molecule has 3 heteroatoms. The zero-order valence-corrected chi connectivity index (χ0v) is 9.09. The highest BCUT2D eigenvalue weighted by atomic mass is 16.2. The van der Waals surface area contributed by atoms with E-state index in [4.69, 9.17) is 0 Å². The van der Waals surface area contributed by atoms with Crippen molar-refractivity contribution in [3.8, 4) is 0 Å². The Morgan fingerprint density at radius 3 is 2.15 bits per heavy atom. The van der Waals surface area contributed by atoms with Crippen molar-refractivity contribution in [1.82, 2.24) is 5.01 Å². The summed E-state index contributed by atoms with van der Waals surface area (Å²) in [6.07, 6.45) is 0.495. The van der Waals surface area contributed by atoms with Crippen LogP contribution < -0.4 is 0 Å². The zero-order valence-electron chi connectivity index (χ0n) is 9.09. The van der Waals surface area contributed by atoms with Crippen LogP contribution in [0.15, 0.2) is 5.10 Å². The fraction of sp³-hybridized carbons (Fsp3) is 0.800. The van der Waals surface area contributed by atoms with Crippen molar-refractivity contribution < 1.29 is 4.79 Å². The van der Waals surface area contributed by atoms with Gasteiger partial charge in [-0.2, -0.15) is 5.10 Å². The minimum atomic E-state index is -0.187. The number of hydrogen-bond donors (Lipinski definition) is 0. The largest absolute Gasteiger partial charge is 0.273 e. The average molecular weight is 182 g/mol. The van der Waals surface area contributed by atoms with Gasteiger partial charge < -0.3 is 0 Å². The van der Waals surface area contributed by atoms with Crippen LogP contribution in [0.2, 0.25) is 0 Å². The van der Waals surface area contributed by atoms with Gasteiger partial charge in [0.2, 0.25) is 5.91 Å². The molecule has 3 nitrogen and oxygen atoms in total. The molecule has 0 atom stereocenters. The van der Waals surface area contributed by atoms with Gasteiger partial charge in [-0.15, -0.1) is 0 Å². The van der Waals surface area contributed by atoms with E-state index in [2.05, 4.69) is 18.9 Å². The highest BCUT2D eigenvalue weighted by Crippen LogP contribution is 2.22. The van der Waals surface area contributed by atoms with Crippen LogP contribution >= 0.6 is 0 Å². The highest BCUT2D eigenvalue weighted by molar-refractivity contribution is 6.05. The Hall–Kier alpha value is -0.860. The molecular weight excluding hydrogens is 164 g/mol. The molecule has 0 saturated carbocycles. The molecule has 0 aromatic rings. The molecule has 0 unspecified atom stereocenters.